The fourth-order valence-electron chi connectivity index (χ4n) is 4.38. The van der Waals surface area contributed by atoms with Crippen LogP contribution in [0.5, 0.6) is 0 Å². The van der Waals surface area contributed by atoms with Crippen molar-refractivity contribution in [3.63, 3.8) is 0 Å². The SMILES string of the molecule is CCC1CNC(CC(C)C)CN1C1CCCC(C)(C)C1. The molecule has 0 aromatic carbocycles. The van der Waals surface area contributed by atoms with E-state index in [2.05, 4.69) is 44.8 Å². The number of hydrogen-bond acceptors (Lipinski definition) is 2. The fraction of sp³-hybridized carbons (Fsp3) is 1.00. The molecule has 3 atom stereocenters. The third-order valence-corrected chi connectivity index (χ3v) is 5.42. The first-order chi connectivity index (χ1) is 9.41. The van der Waals surface area contributed by atoms with E-state index < -0.39 is 0 Å². The summed E-state index contributed by atoms with van der Waals surface area (Å²) in [7, 11) is 0. The Kier molecular flexibility index (Phi) is 5.53. The van der Waals surface area contributed by atoms with Crippen LogP contribution < -0.4 is 5.32 Å². The first kappa shape index (κ1) is 16.3. The van der Waals surface area contributed by atoms with Gasteiger partial charge in [-0.2, -0.15) is 0 Å². The molecule has 1 heterocycles. The predicted octanol–water partition coefficient (Wildman–Crippen LogP) is 4.05. The number of rotatable bonds is 4. The quantitative estimate of drug-likeness (QED) is 0.835. The lowest BCUT2D eigenvalue weighted by atomic mass is 9.74. The zero-order valence-corrected chi connectivity index (χ0v) is 14.4. The maximum Gasteiger partial charge on any atom is 0.0221 e. The second-order valence-corrected chi connectivity index (χ2v) is 8.41. The molecule has 1 saturated heterocycles. The van der Waals surface area contributed by atoms with Crippen LogP contribution in [0, 0.1) is 11.3 Å². The maximum absolute atomic E-state index is 3.80. The summed E-state index contributed by atoms with van der Waals surface area (Å²) in [5.74, 6) is 0.801. The zero-order chi connectivity index (χ0) is 14.8. The molecule has 3 unspecified atom stereocenters. The van der Waals surface area contributed by atoms with E-state index >= 15 is 0 Å². The number of nitrogens with one attached hydrogen (secondary N) is 1. The molecule has 1 aliphatic heterocycles. The van der Waals surface area contributed by atoms with Gasteiger partial charge in [-0.05, 0) is 43.4 Å². The van der Waals surface area contributed by atoms with Crippen molar-refractivity contribution in [1.29, 1.82) is 0 Å². The highest BCUT2D eigenvalue weighted by Gasteiger charge is 2.36. The first-order valence-electron chi connectivity index (χ1n) is 8.90. The molecule has 1 saturated carbocycles. The largest absolute Gasteiger partial charge is 0.311 e. The van der Waals surface area contributed by atoms with Crippen molar-refractivity contribution in [3.05, 3.63) is 0 Å². The highest BCUT2D eigenvalue weighted by molar-refractivity contribution is 4.93. The topological polar surface area (TPSA) is 15.3 Å². The molecular formula is C18H36N2. The summed E-state index contributed by atoms with van der Waals surface area (Å²) in [6, 6.07) is 2.31. The van der Waals surface area contributed by atoms with E-state index in [4.69, 9.17) is 0 Å². The minimum absolute atomic E-state index is 0.555. The average molecular weight is 280 g/mol. The van der Waals surface area contributed by atoms with Gasteiger partial charge >= 0.3 is 0 Å². The molecule has 2 fully saturated rings. The van der Waals surface area contributed by atoms with Gasteiger partial charge in [-0.15, -0.1) is 0 Å². The summed E-state index contributed by atoms with van der Waals surface area (Å²) < 4.78 is 0. The fourth-order valence-corrected chi connectivity index (χ4v) is 4.38. The van der Waals surface area contributed by atoms with Gasteiger partial charge in [-0.3, -0.25) is 4.90 Å². The Labute approximate surface area is 126 Å². The zero-order valence-electron chi connectivity index (χ0n) is 14.4. The molecule has 0 radical (unpaired) electrons. The lowest BCUT2D eigenvalue weighted by Gasteiger charge is -2.49. The Bertz CT molecular complexity index is 298. The molecule has 1 N–H and O–H groups in total. The monoisotopic (exact) mass is 280 g/mol. The Hall–Kier alpha value is -0.0800. The Morgan fingerprint density at radius 2 is 2.05 bits per heavy atom. The van der Waals surface area contributed by atoms with Gasteiger partial charge < -0.3 is 5.32 Å². The second kappa shape index (κ2) is 6.79. The Morgan fingerprint density at radius 3 is 2.65 bits per heavy atom. The molecule has 2 heteroatoms. The van der Waals surface area contributed by atoms with Crippen LogP contribution in [-0.4, -0.2) is 36.1 Å². The molecule has 0 amide bonds. The Balaban J connectivity index is 2.01. The average Bonchev–Trinajstić information content (AvgIpc) is 2.36. The van der Waals surface area contributed by atoms with Crippen LogP contribution >= 0.6 is 0 Å². The molecule has 1 aliphatic carbocycles. The normalized spacial score (nSPS) is 35.4. The van der Waals surface area contributed by atoms with Gasteiger partial charge in [0.2, 0.25) is 0 Å². The summed E-state index contributed by atoms with van der Waals surface area (Å²) in [6.45, 7) is 14.5. The van der Waals surface area contributed by atoms with Gasteiger partial charge in [-0.25, -0.2) is 0 Å². The van der Waals surface area contributed by atoms with Crippen LogP contribution in [0.4, 0.5) is 0 Å². The van der Waals surface area contributed by atoms with Crippen LogP contribution in [0.2, 0.25) is 0 Å². The van der Waals surface area contributed by atoms with Crippen LogP contribution in [0.15, 0.2) is 0 Å². The van der Waals surface area contributed by atoms with Crippen molar-refractivity contribution in [1.82, 2.24) is 10.2 Å². The molecule has 2 aliphatic rings. The lowest BCUT2D eigenvalue weighted by molar-refractivity contribution is 0.0267. The molecule has 20 heavy (non-hydrogen) atoms. The summed E-state index contributed by atoms with van der Waals surface area (Å²) in [5, 5.41) is 3.80. The third kappa shape index (κ3) is 4.21. The molecule has 2 rings (SSSR count). The summed E-state index contributed by atoms with van der Waals surface area (Å²) in [6.07, 6.45) is 8.28. The van der Waals surface area contributed by atoms with Crippen molar-refractivity contribution >= 4 is 0 Å². The van der Waals surface area contributed by atoms with E-state index in [1.807, 2.05) is 0 Å². The second-order valence-electron chi connectivity index (χ2n) is 8.41. The van der Waals surface area contributed by atoms with Crippen molar-refractivity contribution < 1.29 is 0 Å². The molecule has 0 aromatic rings. The van der Waals surface area contributed by atoms with Gasteiger partial charge in [0.05, 0.1) is 0 Å². The van der Waals surface area contributed by atoms with Gasteiger partial charge in [0.15, 0.2) is 0 Å². The van der Waals surface area contributed by atoms with Gasteiger partial charge in [0.1, 0.15) is 0 Å². The van der Waals surface area contributed by atoms with E-state index in [0.717, 1.165) is 18.0 Å². The number of nitrogens with zero attached hydrogens (tertiary/aromatic N) is 1. The van der Waals surface area contributed by atoms with Crippen LogP contribution in [0.25, 0.3) is 0 Å². The lowest BCUT2D eigenvalue weighted by Crippen LogP contribution is -2.60. The van der Waals surface area contributed by atoms with Crippen LogP contribution in [0.1, 0.15) is 73.1 Å². The van der Waals surface area contributed by atoms with Crippen LogP contribution in [-0.2, 0) is 0 Å². The van der Waals surface area contributed by atoms with Gasteiger partial charge in [-0.1, -0.05) is 41.0 Å². The van der Waals surface area contributed by atoms with E-state index in [1.165, 1.54) is 51.6 Å². The summed E-state index contributed by atoms with van der Waals surface area (Å²) in [4.78, 5) is 2.88. The molecule has 118 valence electrons. The minimum atomic E-state index is 0.555. The van der Waals surface area contributed by atoms with Crippen LogP contribution in [0.3, 0.4) is 0 Å². The maximum atomic E-state index is 3.80. The van der Waals surface area contributed by atoms with Crippen molar-refractivity contribution in [2.75, 3.05) is 13.1 Å². The number of hydrogen-bond donors (Lipinski definition) is 1. The van der Waals surface area contributed by atoms with E-state index in [1.54, 1.807) is 0 Å². The Morgan fingerprint density at radius 1 is 1.30 bits per heavy atom. The van der Waals surface area contributed by atoms with E-state index in [9.17, 15) is 0 Å². The summed E-state index contributed by atoms with van der Waals surface area (Å²) in [5.41, 5.74) is 0.555. The molecule has 0 bridgehead atoms. The highest BCUT2D eigenvalue weighted by Crippen LogP contribution is 2.38. The third-order valence-electron chi connectivity index (χ3n) is 5.42. The summed E-state index contributed by atoms with van der Waals surface area (Å²) >= 11 is 0. The van der Waals surface area contributed by atoms with Gasteiger partial charge in [0.25, 0.3) is 0 Å². The van der Waals surface area contributed by atoms with Crippen molar-refractivity contribution in [3.8, 4) is 0 Å². The van der Waals surface area contributed by atoms with Crippen molar-refractivity contribution in [2.24, 2.45) is 11.3 Å². The molecular weight excluding hydrogens is 244 g/mol. The van der Waals surface area contributed by atoms with Gasteiger partial charge in [0, 0.05) is 31.2 Å². The molecule has 2 nitrogen and oxygen atoms in total. The highest BCUT2D eigenvalue weighted by atomic mass is 15.3. The van der Waals surface area contributed by atoms with E-state index in [0.29, 0.717) is 11.5 Å². The minimum Gasteiger partial charge on any atom is -0.311 e. The first-order valence-corrected chi connectivity index (χ1v) is 8.90. The number of piperazine rings is 1. The predicted molar refractivity (Wildman–Crippen MR) is 88.1 cm³/mol. The standard InChI is InChI=1S/C18H36N2/c1-6-16-12-19-15(10-14(2)3)13-20(16)17-8-7-9-18(4,5)11-17/h14-17,19H,6-13H2,1-5H3. The molecule has 0 spiro atoms. The van der Waals surface area contributed by atoms with Crippen molar-refractivity contribution in [2.45, 2.75) is 91.3 Å². The molecule has 0 aromatic heterocycles. The van der Waals surface area contributed by atoms with E-state index in [-0.39, 0.29) is 0 Å². The smallest absolute Gasteiger partial charge is 0.0221 e.